The minimum atomic E-state index is -0.286. The van der Waals surface area contributed by atoms with Crippen LogP contribution in [0.3, 0.4) is 0 Å². The number of hydrogen-bond acceptors (Lipinski definition) is 3. The van der Waals surface area contributed by atoms with Gasteiger partial charge in [0.25, 0.3) is 0 Å². The maximum atomic E-state index is 14.0. The highest BCUT2D eigenvalue weighted by atomic mass is 19.1. The lowest BCUT2D eigenvalue weighted by molar-refractivity contribution is 0.192. The molecule has 1 atom stereocenters. The third-order valence-corrected chi connectivity index (χ3v) is 7.43. The molecule has 0 saturated carbocycles. The summed E-state index contributed by atoms with van der Waals surface area (Å²) in [6, 6.07) is 30.7. The fourth-order valence-corrected chi connectivity index (χ4v) is 5.39. The van der Waals surface area contributed by atoms with E-state index in [-0.39, 0.29) is 18.3 Å². The average Bonchev–Trinajstić information content (AvgIpc) is 3.64. The van der Waals surface area contributed by atoms with Gasteiger partial charge in [-0.15, -0.1) is 0 Å². The summed E-state index contributed by atoms with van der Waals surface area (Å²) in [7, 11) is 0. The number of benzene rings is 4. The zero-order chi connectivity index (χ0) is 26.8. The molecular formula is C34H30FNO3. The second kappa shape index (κ2) is 10.9. The Bertz CT molecular complexity index is 1600. The first-order chi connectivity index (χ1) is 19.1. The van der Waals surface area contributed by atoms with Crippen molar-refractivity contribution >= 4 is 16.5 Å². The molecule has 1 unspecified atom stereocenters. The van der Waals surface area contributed by atoms with Crippen LogP contribution in [-0.4, -0.2) is 22.9 Å². The van der Waals surface area contributed by atoms with E-state index in [4.69, 9.17) is 9.47 Å². The molecule has 0 spiro atoms. The lowest BCUT2D eigenvalue weighted by Crippen LogP contribution is -2.08. The third kappa shape index (κ3) is 4.87. The van der Waals surface area contributed by atoms with Crippen LogP contribution in [0.15, 0.2) is 104 Å². The first-order valence-corrected chi connectivity index (χ1v) is 13.2. The van der Waals surface area contributed by atoms with E-state index in [1.165, 1.54) is 12.1 Å². The molecule has 1 fully saturated rings. The second-order valence-corrected chi connectivity index (χ2v) is 9.90. The molecule has 0 aliphatic carbocycles. The number of halogens is 1. The molecule has 5 heteroatoms. The Kier molecular flexibility index (Phi) is 7.01. The second-order valence-electron chi connectivity index (χ2n) is 9.90. The van der Waals surface area contributed by atoms with Gasteiger partial charge in [0.15, 0.2) is 0 Å². The van der Waals surface area contributed by atoms with Gasteiger partial charge in [-0.1, -0.05) is 67.2 Å². The normalized spacial score (nSPS) is 15.1. The fourth-order valence-electron chi connectivity index (χ4n) is 5.39. The van der Waals surface area contributed by atoms with E-state index < -0.39 is 0 Å². The molecule has 5 aromatic rings. The summed E-state index contributed by atoms with van der Waals surface area (Å²) in [4.78, 5) is 0. The van der Waals surface area contributed by atoms with Crippen molar-refractivity contribution in [2.24, 2.45) is 5.92 Å². The number of aliphatic hydroxyl groups excluding tert-OH is 1. The van der Waals surface area contributed by atoms with Crippen LogP contribution in [-0.2, 0) is 18.0 Å². The van der Waals surface area contributed by atoms with Gasteiger partial charge in [-0.25, -0.2) is 4.39 Å². The average molecular weight is 520 g/mol. The summed E-state index contributed by atoms with van der Waals surface area (Å²) in [6.07, 6.45) is 0.893. The predicted octanol–water partition coefficient (Wildman–Crippen LogP) is 7.56. The quantitative estimate of drug-likeness (QED) is 0.230. The molecule has 6 rings (SSSR count). The zero-order valence-electron chi connectivity index (χ0n) is 21.6. The number of aliphatic hydroxyl groups is 1. The van der Waals surface area contributed by atoms with Crippen LogP contribution in [0.4, 0.5) is 4.39 Å². The minimum Gasteiger partial charge on any atom is -0.488 e. The van der Waals surface area contributed by atoms with E-state index in [1.807, 2.05) is 66.7 Å². The van der Waals surface area contributed by atoms with Crippen molar-refractivity contribution in [1.29, 1.82) is 0 Å². The Balaban J connectivity index is 1.63. The molecule has 1 saturated heterocycles. The third-order valence-electron chi connectivity index (χ3n) is 7.43. The lowest BCUT2D eigenvalue weighted by atomic mass is 9.91. The van der Waals surface area contributed by atoms with Crippen LogP contribution >= 0.6 is 0 Å². The predicted molar refractivity (Wildman–Crippen MR) is 153 cm³/mol. The highest BCUT2D eigenvalue weighted by molar-refractivity contribution is 6.06. The number of nitrogens with zero attached hydrogens (tertiary/aromatic N) is 1. The number of rotatable bonds is 8. The summed E-state index contributed by atoms with van der Waals surface area (Å²) in [5.41, 5.74) is 7.63. The smallest absolute Gasteiger partial charge is 0.129 e. The summed E-state index contributed by atoms with van der Waals surface area (Å²) >= 11 is 0. The SMILES string of the molecule is C=C(c1c(-c2ccc(CO)cc2)c2c(OCc3ccccc3)cccc2n1-c1ccc(F)cc1)C1CCOC1. The van der Waals surface area contributed by atoms with E-state index in [2.05, 4.69) is 17.2 Å². The molecule has 1 aliphatic heterocycles. The van der Waals surface area contributed by atoms with E-state index in [9.17, 15) is 9.50 Å². The Labute approximate surface area is 227 Å². The van der Waals surface area contributed by atoms with Crippen LogP contribution in [0.5, 0.6) is 5.75 Å². The highest BCUT2D eigenvalue weighted by Gasteiger charge is 2.29. The van der Waals surface area contributed by atoms with Crippen LogP contribution in [0.1, 0.15) is 23.2 Å². The molecular weight excluding hydrogens is 489 g/mol. The van der Waals surface area contributed by atoms with Gasteiger partial charge in [0.05, 0.1) is 29.8 Å². The van der Waals surface area contributed by atoms with Crippen LogP contribution in [0.25, 0.3) is 33.3 Å². The molecule has 4 aromatic carbocycles. The van der Waals surface area contributed by atoms with Gasteiger partial charge in [-0.2, -0.15) is 0 Å². The Morgan fingerprint density at radius 3 is 2.38 bits per heavy atom. The summed E-state index contributed by atoms with van der Waals surface area (Å²) < 4.78 is 28.4. The molecule has 1 N–H and O–H groups in total. The monoisotopic (exact) mass is 519 g/mol. The molecule has 0 bridgehead atoms. The zero-order valence-corrected chi connectivity index (χ0v) is 21.6. The van der Waals surface area contributed by atoms with Crippen LogP contribution in [0, 0.1) is 11.7 Å². The molecule has 0 amide bonds. The van der Waals surface area contributed by atoms with Gasteiger partial charge in [-0.05, 0) is 65.1 Å². The first kappa shape index (κ1) is 25.1. The van der Waals surface area contributed by atoms with Crippen molar-refractivity contribution in [2.75, 3.05) is 13.2 Å². The van der Waals surface area contributed by atoms with Gasteiger partial charge in [0.1, 0.15) is 18.2 Å². The summed E-state index contributed by atoms with van der Waals surface area (Å²) in [6.45, 7) is 6.31. The largest absolute Gasteiger partial charge is 0.488 e. The van der Waals surface area contributed by atoms with Crippen molar-refractivity contribution in [3.63, 3.8) is 0 Å². The van der Waals surface area contributed by atoms with Gasteiger partial charge < -0.3 is 19.1 Å². The Morgan fingerprint density at radius 1 is 0.923 bits per heavy atom. The lowest BCUT2D eigenvalue weighted by Gasteiger charge is -2.18. The van der Waals surface area contributed by atoms with Crippen molar-refractivity contribution in [3.8, 4) is 22.6 Å². The summed E-state index contributed by atoms with van der Waals surface area (Å²) in [5.74, 6) is 0.638. The van der Waals surface area contributed by atoms with Crippen molar-refractivity contribution in [2.45, 2.75) is 19.6 Å². The van der Waals surface area contributed by atoms with Gasteiger partial charge >= 0.3 is 0 Å². The van der Waals surface area contributed by atoms with Crippen LogP contribution < -0.4 is 4.74 Å². The van der Waals surface area contributed by atoms with Crippen LogP contribution in [0.2, 0.25) is 0 Å². The van der Waals surface area contributed by atoms with E-state index >= 15 is 0 Å². The molecule has 4 nitrogen and oxygen atoms in total. The topological polar surface area (TPSA) is 43.6 Å². The van der Waals surface area contributed by atoms with Gasteiger partial charge in [0, 0.05) is 23.8 Å². The van der Waals surface area contributed by atoms with Crippen molar-refractivity contribution in [1.82, 2.24) is 4.57 Å². The van der Waals surface area contributed by atoms with E-state index in [1.54, 1.807) is 12.1 Å². The first-order valence-electron chi connectivity index (χ1n) is 13.2. The standard InChI is InChI=1S/C34H30FNO3/c1-23(27-18-19-38-22-27)34-32(26-12-10-24(20-37)11-13-26)33-30(36(34)29-16-14-28(35)15-17-29)8-5-9-31(33)39-21-25-6-3-2-4-7-25/h2-17,27,37H,1,18-22H2. The fraction of sp³-hybridized carbons (Fsp3) is 0.176. The molecule has 0 radical (unpaired) electrons. The Hall–Kier alpha value is -4.19. The highest BCUT2D eigenvalue weighted by Crippen LogP contribution is 2.46. The van der Waals surface area contributed by atoms with E-state index in [0.717, 1.165) is 62.3 Å². The maximum absolute atomic E-state index is 14.0. The summed E-state index contributed by atoms with van der Waals surface area (Å²) in [5, 5.41) is 10.6. The number of hydrogen-bond donors (Lipinski definition) is 1. The molecule has 1 aromatic heterocycles. The van der Waals surface area contributed by atoms with Gasteiger partial charge in [-0.3, -0.25) is 0 Å². The Morgan fingerprint density at radius 2 is 1.69 bits per heavy atom. The maximum Gasteiger partial charge on any atom is 0.129 e. The van der Waals surface area contributed by atoms with E-state index in [0.29, 0.717) is 19.8 Å². The molecule has 196 valence electrons. The van der Waals surface area contributed by atoms with Crippen molar-refractivity contribution < 1.29 is 19.0 Å². The molecule has 39 heavy (non-hydrogen) atoms. The van der Waals surface area contributed by atoms with Gasteiger partial charge in [0.2, 0.25) is 0 Å². The minimum absolute atomic E-state index is 0.0258. The number of aromatic nitrogens is 1. The number of fused-ring (bicyclic) bond motifs is 1. The van der Waals surface area contributed by atoms with Crippen molar-refractivity contribution in [3.05, 3.63) is 126 Å². The number of ether oxygens (including phenoxy) is 2. The molecule has 1 aliphatic rings. The molecule has 2 heterocycles.